The fourth-order valence-electron chi connectivity index (χ4n) is 4.68. The summed E-state index contributed by atoms with van der Waals surface area (Å²) < 4.78 is 13.5. The molecule has 4 rings (SSSR count). The minimum atomic E-state index is -0.648. The average Bonchev–Trinajstić information content (AvgIpc) is 3.60. The van der Waals surface area contributed by atoms with Gasteiger partial charge in [-0.05, 0) is 60.9 Å². The number of aromatic nitrogens is 1. The number of hydrogen-bond donors (Lipinski definition) is 2. The van der Waals surface area contributed by atoms with Gasteiger partial charge in [0.25, 0.3) is 0 Å². The van der Waals surface area contributed by atoms with Crippen molar-refractivity contribution in [1.82, 2.24) is 20.5 Å². The number of likely N-dealkylation sites (tertiary alicyclic amines) is 1. The molecule has 2 amide bonds. The van der Waals surface area contributed by atoms with E-state index in [1.807, 2.05) is 42.5 Å². The van der Waals surface area contributed by atoms with Gasteiger partial charge in [0.2, 0.25) is 11.8 Å². The lowest BCUT2D eigenvalue weighted by Gasteiger charge is -2.36. The molecule has 1 fully saturated rings. The molecule has 2 N–H and O–H groups in total. The number of carbonyl (C=O) groups excluding carboxylic acids is 2. The van der Waals surface area contributed by atoms with E-state index in [-0.39, 0.29) is 29.6 Å². The van der Waals surface area contributed by atoms with Crippen LogP contribution in [-0.2, 0) is 9.59 Å². The van der Waals surface area contributed by atoms with E-state index < -0.39 is 17.5 Å². The molecule has 0 radical (unpaired) electrons. The van der Waals surface area contributed by atoms with E-state index in [2.05, 4.69) is 17.6 Å². The highest BCUT2D eigenvalue weighted by atomic mass is 32.1. The highest BCUT2D eigenvalue weighted by Gasteiger charge is 2.43. The Morgan fingerprint density at radius 3 is 2.51 bits per heavy atom. The molecule has 1 unspecified atom stereocenters. The van der Waals surface area contributed by atoms with Crippen molar-refractivity contribution < 1.29 is 14.0 Å². The lowest BCUT2D eigenvalue weighted by molar-refractivity contribution is -0.141. The van der Waals surface area contributed by atoms with Crippen molar-refractivity contribution in [1.29, 1.82) is 0 Å². The summed E-state index contributed by atoms with van der Waals surface area (Å²) in [5, 5.41) is 10.9. The lowest BCUT2D eigenvalue weighted by atomic mass is 9.85. The lowest BCUT2D eigenvalue weighted by Crippen LogP contribution is -2.57. The van der Waals surface area contributed by atoms with E-state index in [1.165, 1.54) is 12.1 Å². The van der Waals surface area contributed by atoms with Gasteiger partial charge in [-0.15, -0.1) is 22.7 Å². The molecular weight excluding hydrogens is 507 g/mol. The molecule has 0 aliphatic carbocycles. The van der Waals surface area contributed by atoms with Crippen molar-refractivity contribution in [3.8, 4) is 21.7 Å². The first-order valence-electron chi connectivity index (χ1n) is 12.6. The zero-order valence-corrected chi connectivity index (χ0v) is 23.8. The van der Waals surface area contributed by atoms with Crippen LogP contribution in [0.1, 0.15) is 52.1 Å². The van der Waals surface area contributed by atoms with Gasteiger partial charge in [-0.25, -0.2) is 9.37 Å². The monoisotopic (exact) mass is 542 g/mol. The number of nitrogens with one attached hydrogen (secondary N) is 2. The van der Waals surface area contributed by atoms with Crippen LogP contribution in [0.25, 0.3) is 21.7 Å². The van der Waals surface area contributed by atoms with Crippen molar-refractivity contribution in [2.24, 2.45) is 11.3 Å². The molecule has 3 heterocycles. The van der Waals surface area contributed by atoms with E-state index >= 15 is 0 Å². The molecule has 198 valence electrons. The zero-order valence-electron chi connectivity index (χ0n) is 22.2. The number of thiazole rings is 1. The summed E-state index contributed by atoms with van der Waals surface area (Å²) in [7, 11) is 1.73. The molecule has 9 heteroatoms. The van der Waals surface area contributed by atoms with E-state index in [9.17, 15) is 14.0 Å². The van der Waals surface area contributed by atoms with Crippen LogP contribution in [0.5, 0.6) is 0 Å². The molecule has 1 aromatic carbocycles. The number of rotatable bonds is 7. The van der Waals surface area contributed by atoms with Crippen LogP contribution in [0.4, 0.5) is 4.39 Å². The topological polar surface area (TPSA) is 74.3 Å². The SMILES string of the molecule is CN[C@@H](C)C(=O)NC(C(=O)N1CC[C@H](C)[C@H]1c1nc(-c2sccc2-c2ccc(F)cc2)cs1)C(C)(C)C. The minimum Gasteiger partial charge on any atom is -0.342 e. The molecule has 1 saturated heterocycles. The maximum absolute atomic E-state index is 13.9. The van der Waals surface area contributed by atoms with Crippen LogP contribution < -0.4 is 10.6 Å². The van der Waals surface area contributed by atoms with Gasteiger partial charge in [-0.1, -0.05) is 39.8 Å². The molecule has 3 aromatic rings. The molecule has 6 nitrogen and oxygen atoms in total. The average molecular weight is 543 g/mol. The third kappa shape index (κ3) is 5.78. The minimum absolute atomic E-state index is 0.0709. The number of amides is 2. The van der Waals surface area contributed by atoms with Gasteiger partial charge < -0.3 is 15.5 Å². The van der Waals surface area contributed by atoms with Crippen LogP contribution in [0.15, 0.2) is 41.1 Å². The summed E-state index contributed by atoms with van der Waals surface area (Å²) in [6.45, 7) is 10.5. The third-order valence-corrected chi connectivity index (χ3v) is 8.89. The second-order valence-electron chi connectivity index (χ2n) is 10.8. The molecule has 1 aliphatic heterocycles. The van der Waals surface area contributed by atoms with Crippen LogP contribution >= 0.6 is 22.7 Å². The summed E-state index contributed by atoms with van der Waals surface area (Å²) in [6.07, 6.45) is 0.878. The normalized spacial score (nSPS) is 19.6. The van der Waals surface area contributed by atoms with Gasteiger partial charge >= 0.3 is 0 Å². The van der Waals surface area contributed by atoms with Gasteiger partial charge in [0.15, 0.2) is 0 Å². The molecule has 2 aromatic heterocycles. The predicted octanol–water partition coefficient (Wildman–Crippen LogP) is 5.73. The molecule has 1 aliphatic rings. The number of benzene rings is 1. The highest BCUT2D eigenvalue weighted by Crippen LogP contribution is 2.43. The van der Waals surface area contributed by atoms with Crippen molar-refractivity contribution in [2.45, 2.75) is 59.2 Å². The Morgan fingerprint density at radius 2 is 1.86 bits per heavy atom. The first kappa shape index (κ1) is 27.4. The summed E-state index contributed by atoms with van der Waals surface area (Å²) in [6, 6.07) is 7.34. The van der Waals surface area contributed by atoms with Crippen molar-refractivity contribution in [3.05, 3.63) is 51.9 Å². The molecule has 4 atom stereocenters. The summed E-state index contributed by atoms with van der Waals surface area (Å²) in [4.78, 5) is 34.5. The molecule has 0 saturated carbocycles. The Balaban J connectivity index is 1.61. The third-order valence-electron chi connectivity index (χ3n) is 7.04. The largest absolute Gasteiger partial charge is 0.342 e. The Kier molecular flexibility index (Phi) is 8.16. The summed E-state index contributed by atoms with van der Waals surface area (Å²) >= 11 is 3.16. The number of hydrogen-bond acceptors (Lipinski definition) is 6. The Labute approximate surface area is 226 Å². The van der Waals surface area contributed by atoms with E-state index in [4.69, 9.17) is 4.98 Å². The summed E-state index contributed by atoms with van der Waals surface area (Å²) in [5.74, 6) is -0.280. The standard InChI is InChI=1S/C28H35FN4O2S2/c1-16-11-13-33(27(35)24(28(3,4)5)32-25(34)17(2)30-6)22(16)26-31-21(15-37-26)23-20(12-14-36-23)18-7-9-19(29)10-8-18/h7-10,12,14-17,22,24,30H,11,13H2,1-6H3,(H,32,34)/t16-,17-,22-,24?/m0/s1. The van der Waals surface area contributed by atoms with E-state index in [1.54, 1.807) is 48.8 Å². The van der Waals surface area contributed by atoms with Crippen molar-refractivity contribution in [2.75, 3.05) is 13.6 Å². The Bertz CT molecular complexity index is 1250. The zero-order chi connectivity index (χ0) is 26.9. The fraction of sp³-hybridized carbons (Fsp3) is 0.464. The van der Waals surface area contributed by atoms with Crippen LogP contribution in [-0.4, -0.2) is 47.4 Å². The Hall–Kier alpha value is -2.62. The van der Waals surface area contributed by atoms with E-state index in [0.29, 0.717) is 6.54 Å². The van der Waals surface area contributed by atoms with Gasteiger partial charge in [0.1, 0.15) is 16.9 Å². The summed E-state index contributed by atoms with van der Waals surface area (Å²) in [5.41, 5.74) is 2.37. The first-order valence-corrected chi connectivity index (χ1v) is 14.3. The first-order chi connectivity index (χ1) is 17.5. The highest BCUT2D eigenvalue weighted by molar-refractivity contribution is 7.15. The predicted molar refractivity (Wildman–Crippen MR) is 149 cm³/mol. The van der Waals surface area contributed by atoms with E-state index in [0.717, 1.165) is 33.1 Å². The number of nitrogens with zero attached hydrogens (tertiary/aromatic N) is 2. The molecule has 0 bridgehead atoms. The number of halogens is 1. The number of thiophene rings is 1. The maximum atomic E-state index is 13.9. The van der Waals surface area contributed by atoms with Gasteiger partial charge in [0, 0.05) is 17.5 Å². The fourth-order valence-corrected chi connectivity index (χ4v) is 6.68. The number of carbonyl (C=O) groups is 2. The second kappa shape index (κ2) is 11.0. The van der Waals surface area contributed by atoms with Crippen LogP contribution in [0.2, 0.25) is 0 Å². The van der Waals surface area contributed by atoms with Crippen molar-refractivity contribution in [3.63, 3.8) is 0 Å². The molecule has 0 spiro atoms. The quantitative estimate of drug-likeness (QED) is 0.400. The Morgan fingerprint density at radius 1 is 1.16 bits per heavy atom. The van der Waals surface area contributed by atoms with Gasteiger partial charge in [-0.3, -0.25) is 9.59 Å². The van der Waals surface area contributed by atoms with Gasteiger partial charge in [0.05, 0.1) is 22.7 Å². The van der Waals surface area contributed by atoms with Crippen molar-refractivity contribution >= 4 is 34.5 Å². The second-order valence-corrected chi connectivity index (χ2v) is 12.6. The maximum Gasteiger partial charge on any atom is 0.246 e. The van der Waals surface area contributed by atoms with Crippen LogP contribution in [0, 0.1) is 17.2 Å². The number of likely N-dealkylation sites (N-methyl/N-ethyl adjacent to an activating group) is 1. The van der Waals surface area contributed by atoms with Crippen LogP contribution in [0.3, 0.4) is 0 Å². The smallest absolute Gasteiger partial charge is 0.246 e. The molecular formula is C28H35FN4O2S2. The molecule has 37 heavy (non-hydrogen) atoms. The van der Waals surface area contributed by atoms with Gasteiger partial charge in [-0.2, -0.15) is 0 Å².